The molecule has 1 unspecified atom stereocenters. The van der Waals surface area contributed by atoms with Crippen LogP contribution in [0.1, 0.15) is 17.4 Å². The van der Waals surface area contributed by atoms with Crippen molar-refractivity contribution in [3.8, 4) is 5.75 Å². The molecule has 0 radical (unpaired) electrons. The summed E-state index contributed by atoms with van der Waals surface area (Å²) in [5, 5.41) is 19.8. The Morgan fingerprint density at radius 1 is 1.47 bits per heavy atom. The minimum absolute atomic E-state index is 0.489. The van der Waals surface area contributed by atoms with Gasteiger partial charge in [-0.25, -0.2) is 0 Å². The predicted molar refractivity (Wildman–Crippen MR) is 53.4 cm³/mol. The summed E-state index contributed by atoms with van der Waals surface area (Å²) >= 11 is 0. The van der Waals surface area contributed by atoms with Gasteiger partial charge in [-0.3, -0.25) is 0 Å². The molecule has 0 aliphatic carbocycles. The van der Waals surface area contributed by atoms with Crippen molar-refractivity contribution in [2.45, 2.75) is 6.10 Å². The van der Waals surface area contributed by atoms with Crippen molar-refractivity contribution in [2.24, 2.45) is 0 Å². The van der Waals surface area contributed by atoms with Crippen molar-refractivity contribution < 1.29 is 9.84 Å². The van der Waals surface area contributed by atoms with Gasteiger partial charge in [-0.15, -0.1) is 0 Å². The Morgan fingerprint density at radius 2 is 2.33 bits per heavy atom. The Bertz CT molecular complexity index is 428. The topological polar surface area (TPSA) is 71.0 Å². The van der Waals surface area contributed by atoms with Gasteiger partial charge in [0.15, 0.2) is 0 Å². The number of nitrogens with zero attached hydrogens (tertiary/aromatic N) is 2. The Balaban J connectivity index is 2.29. The lowest BCUT2D eigenvalue weighted by molar-refractivity contribution is 0.214. The third kappa shape index (κ3) is 1.97. The molecule has 1 aromatic carbocycles. The van der Waals surface area contributed by atoms with E-state index in [0.29, 0.717) is 11.4 Å². The van der Waals surface area contributed by atoms with Crippen LogP contribution in [0.3, 0.4) is 0 Å². The molecule has 0 fully saturated rings. The highest BCUT2D eigenvalue weighted by atomic mass is 16.5. The number of rotatable bonds is 3. The van der Waals surface area contributed by atoms with Crippen LogP contribution in [0.2, 0.25) is 0 Å². The molecule has 2 aromatic rings. The van der Waals surface area contributed by atoms with Crippen molar-refractivity contribution >= 4 is 0 Å². The van der Waals surface area contributed by atoms with Crippen LogP contribution in [0.15, 0.2) is 30.5 Å². The zero-order valence-corrected chi connectivity index (χ0v) is 8.21. The van der Waals surface area contributed by atoms with Crippen molar-refractivity contribution in [3.63, 3.8) is 0 Å². The van der Waals surface area contributed by atoms with Crippen LogP contribution < -0.4 is 4.74 Å². The van der Waals surface area contributed by atoms with Gasteiger partial charge in [-0.1, -0.05) is 12.1 Å². The molecule has 2 rings (SSSR count). The number of ether oxygens (including phenoxy) is 1. The van der Waals surface area contributed by atoms with Gasteiger partial charge in [-0.05, 0) is 17.7 Å². The molecule has 78 valence electrons. The van der Waals surface area contributed by atoms with E-state index in [1.54, 1.807) is 13.2 Å². The van der Waals surface area contributed by atoms with Gasteiger partial charge in [0, 0.05) is 0 Å². The van der Waals surface area contributed by atoms with Crippen LogP contribution in [0.25, 0.3) is 0 Å². The first-order valence-corrected chi connectivity index (χ1v) is 4.49. The third-order valence-electron chi connectivity index (χ3n) is 2.12. The quantitative estimate of drug-likeness (QED) is 0.780. The summed E-state index contributed by atoms with van der Waals surface area (Å²) in [6.45, 7) is 0. The van der Waals surface area contributed by atoms with E-state index in [1.807, 2.05) is 18.2 Å². The standard InChI is InChI=1S/C10H11N3O2/c1-15-8-4-2-3-7(5-8)10(14)9-6-11-13-12-9/h2-6,10,14H,1H3,(H,11,12,13). The van der Waals surface area contributed by atoms with Gasteiger partial charge >= 0.3 is 0 Å². The van der Waals surface area contributed by atoms with E-state index in [2.05, 4.69) is 15.4 Å². The molecule has 0 bridgehead atoms. The first-order chi connectivity index (χ1) is 7.31. The third-order valence-corrected chi connectivity index (χ3v) is 2.12. The molecule has 5 nitrogen and oxygen atoms in total. The number of hydrogen-bond acceptors (Lipinski definition) is 4. The SMILES string of the molecule is COc1cccc(C(O)c2cn[nH]n2)c1. The number of aromatic nitrogens is 3. The number of hydrogen-bond donors (Lipinski definition) is 2. The first kappa shape index (κ1) is 9.67. The summed E-state index contributed by atoms with van der Waals surface area (Å²) in [5.41, 5.74) is 1.21. The van der Waals surface area contributed by atoms with E-state index >= 15 is 0 Å². The maximum absolute atomic E-state index is 9.92. The van der Waals surface area contributed by atoms with Crippen LogP contribution in [-0.4, -0.2) is 27.6 Å². The maximum Gasteiger partial charge on any atom is 0.125 e. The largest absolute Gasteiger partial charge is 0.497 e. The van der Waals surface area contributed by atoms with E-state index in [1.165, 1.54) is 6.20 Å². The normalized spacial score (nSPS) is 12.4. The number of aliphatic hydroxyl groups excluding tert-OH is 1. The Morgan fingerprint density at radius 3 is 3.00 bits per heavy atom. The average molecular weight is 205 g/mol. The molecule has 1 aromatic heterocycles. The molecule has 15 heavy (non-hydrogen) atoms. The predicted octanol–water partition coefficient (Wildman–Crippen LogP) is 0.895. The van der Waals surface area contributed by atoms with E-state index in [4.69, 9.17) is 4.74 Å². The summed E-state index contributed by atoms with van der Waals surface area (Å²) in [5.74, 6) is 0.704. The Labute approximate surface area is 86.7 Å². The van der Waals surface area contributed by atoms with Gasteiger partial charge in [0.1, 0.15) is 17.5 Å². The van der Waals surface area contributed by atoms with Crippen LogP contribution in [0.5, 0.6) is 5.75 Å². The van der Waals surface area contributed by atoms with Gasteiger partial charge < -0.3 is 9.84 Å². The van der Waals surface area contributed by atoms with Crippen molar-refractivity contribution in [3.05, 3.63) is 41.7 Å². The summed E-state index contributed by atoms with van der Waals surface area (Å²) in [6, 6.07) is 7.21. The van der Waals surface area contributed by atoms with E-state index in [0.717, 1.165) is 5.56 Å². The van der Waals surface area contributed by atoms with E-state index < -0.39 is 6.10 Å². The van der Waals surface area contributed by atoms with Crippen LogP contribution >= 0.6 is 0 Å². The van der Waals surface area contributed by atoms with Gasteiger partial charge in [0.05, 0.1) is 13.3 Å². The summed E-state index contributed by atoms with van der Waals surface area (Å²) in [7, 11) is 1.58. The molecule has 2 N–H and O–H groups in total. The minimum atomic E-state index is -0.779. The molecule has 0 amide bonds. The lowest BCUT2D eigenvalue weighted by atomic mass is 10.1. The highest BCUT2D eigenvalue weighted by molar-refractivity contribution is 5.32. The molecule has 0 aliphatic rings. The Kier molecular flexibility index (Phi) is 2.64. The molecule has 5 heteroatoms. The summed E-state index contributed by atoms with van der Waals surface area (Å²) in [4.78, 5) is 0. The summed E-state index contributed by atoms with van der Waals surface area (Å²) < 4.78 is 5.07. The molecular weight excluding hydrogens is 194 g/mol. The number of H-pyrrole nitrogens is 1. The number of aliphatic hydroxyl groups is 1. The van der Waals surface area contributed by atoms with Crippen molar-refractivity contribution in [2.75, 3.05) is 7.11 Å². The number of methoxy groups -OCH3 is 1. The van der Waals surface area contributed by atoms with Gasteiger partial charge in [0.2, 0.25) is 0 Å². The molecule has 0 saturated heterocycles. The van der Waals surface area contributed by atoms with Gasteiger partial charge in [-0.2, -0.15) is 15.4 Å². The Hall–Kier alpha value is -1.88. The van der Waals surface area contributed by atoms with E-state index in [9.17, 15) is 5.11 Å². The van der Waals surface area contributed by atoms with Crippen LogP contribution in [0.4, 0.5) is 0 Å². The second-order valence-electron chi connectivity index (χ2n) is 3.07. The first-order valence-electron chi connectivity index (χ1n) is 4.49. The molecule has 1 atom stereocenters. The minimum Gasteiger partial charge on any atom is -0.497 e. The highest BCUT2D eigenvalue weighted by Crippen LogP contribution is 2.22. The second kappa shape index (κ2) is 4.10. The second-order valence-corrected chi connectivity index (χ2v) is 3.07. The van der Waals surface area contributed by atoms with Crippen molar-refractivity contribution in [1.82, 2.24) is 15.4 Å². The summed E-state index contributed by atoms with van der Waals surface area (Å²) in [6.07, 6.45) is 0.711. The highest BCUT2D eigenvalue weighted by Gasteiger charge is 2.13. The number of benzene rings is 1. The van der Waals surface area contributed by atoms with E-state index in [-0.39, 0.29) is 0 Å². The fraction of sp³-hybridized carbons (Fsp3) is 0.200. The molecule has 0 spiro atoms. The van der Waals surface area contributed by atoms with Crippen LogP contribution in [0, 0.1) is 0 Å². The molecule has 0 aliphatic heterocycles. The van der Waals surface area contributed by atoms with Crippen molar-refractivity contribution in [1.29, 1.82) is 0 Å². The van der Waals surface area contributed by atoms with Gasteiger partial charge in [0.25, 0.3) is 0 Å². The molecule has 1 heterocycles. The number of aromatic amines is 1. The zero-order valence-electron chi connectivity index (χ0n) is 8.21. The smallest absolute Gasteiger partial charge is 0.125 e. The monoisotopic (exact) mass is 205 g/mol. The lowest BCUT2D eigenvalue weighted by Crippen LogP contribution is -2.00. The zero-order chi connectivity index (χ0) is 10.7. The maximum atomic E-state index is 9.92. The molecule has 0 saturated carbocycles. The fourth-order valence-corrected chi connectivity index (χ4v) is 1.32. The average Bonchev–Trinajstić information content (AvgIpc) is 2.81. The molecular formula is C10H11N3O2. The lowest BCUT2D eigenvalue weighted by Gasteiger charge is -2.08. The van der Waals surface area contributed by atoms with Crippen LogP contribution in [-0.2, 0) is 0 Å². The number of nitrogens with one attached hydrogen (secondary N) is 1. The fourth-order valence-electron chi connectivity index (χ4n) is 1.32.